The van der Waals surface area contributed by atoms with Crippen molar-refractivity contribution in [2.45, 2.75) is 38.9 Å². The Morgan fingerprint density at radius 1 is 1.10 bits per heavy atom. The van der Waals surface area contributed by atoms with E-state index in [0.717, 1.165) is 12.1 Å². The zero-order valence-corrected chi connectivity index (χ0v) is 17.2. The van der Waals surface area contributed by atoms with Crippen LogP contribution < -0.4 is 10.5 Å². The van der Waals surface area contributed by atoms with Gasteiger partial charge in [-0.3, -0.25) is 4.98 Å². The summed E-state index contributed by atoms with van der Waals surface area (Å²) < 4.78 is 74.4. The lowest BCUT2D eigenvalue weighted by Crippen LogP contribution is -2.35. The summed E-state index contributed by atoms with van der Waals surface area (Å²) in [5, 5.41) is -0.0914. The van der Waals surface area contributed by atoms with E-state index in [1.165, 1.54) is 18.5 Å². The summed E-state index contributed by atoms with van der Waals surface area (Å²) in [6.45, 7) is 5.47. The van der Waals surface area contributed by atoms with Crippen LogP contribution in [0.15, 0.2) is 36.7 Å². The Bertz CT molecular complexity index is 1090. The predicted molar refractivity (Wildman–Crippen MR) is 107 cm³/mol. The van der Waals surface area contributed by atoms with Gasteiger partial charge in [0, 0.05) is 41.0 Å². The van der Waals surface area contributed by atoms with Gasteiger partial charge in [-0.1, -0.05) is 6.92 Å². The summed E-state index contributed by atoms with van der Waals surface area (Å²) in [7, 11) is 0. The van der Waals surface area contributed by atoms with Crippen molar-refractivity contribution in [2.75, 3.05) is 6.61 Å². The van der Waals surface area contributed by atoms with Gasteiger partial charge in [0.15, 0.2) is 0 Å². The summed E-state index contributed by atoms with van der Waals surface area (Å²) in [5.41, 5.74) is 4.48. The largest absolute Gasteiger partial charge is 0.477 e. The molecule has 0 saturated carbocycles. The molecule has 166 valence electrons. The number of rotatable bonds is 6. The van der Waals surface area contributed by atoms with Gasteiger partial charge >= 0.3 is 6.18 Å². The van der Waals surface area contributed by atoms with Crippen molar-refractivity contribution in [3.63, 3.8) is 0 Å². The molecule has 0 spiro atoms. The Kier molecular flexibility index (Phi) is 6.18. The molecule has 1 atom stereocenters. The number of benzene rings is 1. The highest BCUT2D eigenvalue weighted by Crippen LogP contribution is 2.39. The minimum absolute atomic E-state index is 0.00213. The van der Waals surface area contributed by atoms with Crippen LogP contribution in [0.25, 0.3) is 22.0 Å². The average molecular weight is 439 g/mol. The molecule has 0 unspecified atom stereocenters. The molecule has 0 aliphatic rings. The lowest BCUT2D eigenvalue weighted by molar-refractivity contribution is -0.139. The maximum absolute atomic E-state index is 14.4. The third-order valence-electron chi connectivity index (χ3n) is 4.61. The van der Waals surface area contributed by atoms with E-state index in [4.69, 9.17) is 10.5 Å². The van der Waals surface area contributed by atoms with Crippen LogP contribution in [-0.2, 0) is 6.18 Å². The van der Waals surface area contributed by atoms with E-state index in [0.29, 0.717) is 12.5 Å². The molecule has 0 aliphatic heterocycles. The summed E-state index contributed by atoms with van der Waals surface area (Å²) >= 11 is 0. The van der Waals surface area contributed by atoms with Gasteiger partial charge in [0.05, 0.1) is 12.1 Å². The second-order valence-electron chi connectivity index (χ2n) is 8.32. The van der Waals surface area contributed by atoms with Crippen LogP contribution in [-0.4, -0.2) is 22.1 Å². The molecule has 3 aromatic rings. The highest BCUT2D eigenvalue weighted by Gasteiger charge is 2.36. The van der Waals surface area contributed by atoms with Crippen molar-refractivity contribution in [1.82, 2.24) is 9.97 Å². The molecule has 0 amide bonds. The fourth-order valence-corrected chi connectivity index (χ4v) is 3.54. The highest BCUT2D eigenvalue weighted by atomic mass is 19.4. The van der Waals surface area contributed by atoms with E-state index >= 15 is 0 Å². The van der Waals surface area contributed by atoms with Gasteiger partial charge in [-0.15, -0.1) is 0 Å². The molecule has 4 nitrogen and oxygen atoms in total. The molecule has 2 heterocycles. The first-order valence-electron chi connectivity index (χ1n) is 9.58. The smallest absolute Gasteiger partial charge is 0.421 e. The number of nitrogens with zero attached hydrogens (tertiary/aromatic N) is 2. The maximum atomic E-state index is 14.4. The van der Waals surface area contributed by atoms with Gasteiger partial charge in [-0.25, -0.2) is 13.8 Å². The number of pyridine rings is 2. The van der Waals surface area contributed by atoms with Crippen LogP contribution in [0.4, 0.5) is 22.0 Å². The summed E-state index contributed by atoms with van der Waals surface area (Å²) in [4.78, 5) is 7.75. The fourth-order valence-electron chi connectivity index (χ4n) is 3.54. The first-order chi connectivity index (χ1) is 14.3. The Labute approximate surface area is 176 Å². The number of alkyl halides is 3. The van der Waals surface area contributed by atoms with Crippen molar-refractivity contribution in [3.8, 4) is 17.0 Å². The summed E-state index contributed by atoms with van der Waals surface area (Å²) in [6.07, 6.45) is -1.77. The van der Waals surface area contributed by atoms with E-state index < -0.39 is 34.8 Å². The van der Waals surface area contributed by atoms with Gasteiger partial charge in [0.25, 0.3) is 0 Å². The highest BCUT2D eigenvalue weighted by molar-refractivity contribution is 5.94. The van der Waals surface area contributed by atoms with Crippen LogP contribution in [0.1, 0.15) is 32.8 Å². The van der Waals surface area contributed by atoms with Crippen molar-refractivity contribution in [3.05, 3.63) is 53.9 Å². The van der Waals surface area contributed by atoms with Crippen molar-refractivity contribution in [1.29, 1.82) is 0 Å². The van der Waals surface area contributed by atoms with E-state index in [9.17, 15) is 22.0 Å². The summed E-state index contributed by atoms with van der Waals surface area (Å²) in [6, 6.07) is 3.87. The molecular formula is C22H22F5N3O. The van der Waals surface area contributed by atoms with Crippen LogP contribution in [0.3, 0.4) is 0 Å². The first kappa shape index (κ1) is 22.9. The molecule has 31 heavy (non-hydrogen) atoms. The van der Waals surface area contributed by atoms with Gasteiger partial charge in [0.1, 0.15) is 17.2 Å². The Morgan fingerprint density at radius 2 is 1.81 bits per heavy atom. The SMILES string of the molecule is C[C@H](COc1ncc(-c2ccnc3cc(F)cc(F)c23)cc1C(F)(F)F)CC(C)(C)N. The lowest BCUT2D eigenvalue weighted by Gasteiger charge is -2.23. The van der Waals surface area contributed by atoms with Gasteiger partial charge in [0.2, 0.25) is 5.88 Å². The van der Waals surface area contributed by atoms with Gasteiger partial charge < -0.3 is 10.5 Å². The molecule has 0 saturated heterocycles. The van der Waals surface area contributed by atoms with Crippen LogP contribution in [0.2, 0.25) is 0 Å². The molecule has 1 aromatic carbocycles. The van der Waals surface area contributed by atoms with Crippen molar-refractivity contribution in [2.24, 2.45) is 11.7 Å². The standard InChI is InChI=1S/C22H22F5N3O/c1-12(9-21(2,3)28)11-31-20-16(22(25,26)27)6-13(10-30-20)15-4-5-29-18-8-14(23)7-17(24)19(15)18/h4-8,10,12H,9,11,28H2,1-3H3/t12-/m0/s1. The van der Waals surface area contributed by atoms with Gasteiger partial charge in [-0.05, 0) is 43.9 Å². The van der Waals surface area contributed by atoms with Crippen LogP contribution in [0, 0.1) is 17.6 Å². The number of ether oxygens (including phenoxy) is 1. The van der Waals surface area contributed by atoms with Crippen LogP contribution >= 0.6 is 0 Å². The second-order valence-corrected chi connectivity index (χ2v) is 8.32. The zero-order valence-electron chi connectivity index (χ0n) is 17.2. The topological polar surface area (TPSA) is 61.0 Å². The molecular weight excluding hydrogens is 417 g/mol. The maximum Gasteiger partial charge on any atom is 0.421 e. The van der Waals surface area contributed by atoms with Crippen LogP contribution in [0.5, 0.6) is 5.88 Å². The van der Waals surface area contributed by atoms with Crippen molar-refractivity contribution < 1.29 is 26.7 Å². The molecule has 0 radical (unpaired) electrons. The minimum Gasteiger partial charge on any atom is -0.477 e. The minimum atomic E-state index is -4.75. The van der Waals surface area contributed by atoms with Crippen molar-refractivity contribution >= 4 is 10.9 Å². The quantitative estimate of drug-likeness (QED) is 0.498. The molecule has 3 rings (SSSR count). The monoisotopic (exact) mass is 439 g/mol. The number of fused-ring (bicyclic) bond motifs is 1. The Hall–Kier alpha value is -2.81. The normalized spacial score (nSPS) is 13.5. The third-order valence-corrected chi connectivity index (χ3v) is 4.61. The lowest BCUT2D eigenvalue weighted by atomic mass is 9.93. The third kappa shape index (κ3) is 5.46. The predicted octanol–water partition coefficient (Wildman–Crippen LogP) is 5.74. The number of halogens is 5. The molecule has 2 N–H and O–H groups in total. The van der Waals surface area contributed by atoms with E-state index in [-0.39, 0.29) is 34.6 Å². The number of hydrogen-bond acceptors (Lipinski definition) is 4. The summed E-state index contributed by atoms with van der Waals surface area (Å²) in [5.74, 6) is -2.43. The number of aromatic nitrogens is 2. The molecule has 0 fully saturated rings. The van der Waals surface area contributed by atoms with E-state index in [1.54, 1.807) is 0 Å². The number of hydrogen-bond donors (Lipinski definition) is 1. The fraction of sp³-hybridized carbons (Fsp3) is 0.364. The Balaban J connectivity index is 2.01. The number of nitrogens with two attached hydrogens (primary N) is 1. The molecule has 0 bridgehead atoms. The zero-order chi connectivity index (χ0) is 23.0. The Morgan fingerprint density at radius 3 is 2.45 bits per heavy atom. The molecule has 2 aromatic heterocycles. The van der Waals surface area contributed by atoms with E-state index in [2.05, 4.69) is 9.97 Å². The first-order valence-corrected chi connectivity index (χ1v) is 9.58. The molecule has 9 heteroatoms. The average Bonchev–Trinajstić information content (AvgIpc) is 2.63. The van der Waals surface area contributed by atoms with E-state index in [1.807, 2.05) is 20.8 Å². The second kappa shape index (κ2) is 8.37. The van der Waals surface area contributed by atoms with Gasteiger partial charge in [-0.2, -0.15) is 13.2 Å². The molecule has 0 aliphatic carbocycles.